The maximum atomic E-state index is 12.0. The van der Waals surface area contributed by atoms with Gasteiger partial charge in [-0.2, -0.15) is 0 Å². The summed E-state index contributed by atoms with van der Waals surface area (Å²) in [6, 6.07) is 10.1. The molecule has 2 aromatic rings. The monoisotopic (exact) mass is 331 g/mol. The van der Waals surface area contributed by atoms with Crippen LogP contribution in [0.5, 0.6) is 0 Å². The van der Waals surface area contributed by atoms with E-state index in [2.05, 4.69) is 15.6 Å². The van der Waals surface area contributed by atoms with Gasteiger partial charge >= 0.3 is 0 Å². The smallest absolute Gasteiger partial charge is 0.242 e. The summed E-state index contributed by atoms with van der Waals surface area (Å²) >= 11 is 5.80. The Labute approximate surface area is 140 Å². The van der Waals surface area contributed by atoms with Gasteiger partial charge in [-0.1, -0.05) is 29.8 Å². The molecule has 1 aromatic carbocycles. The fourth-order valence-electron chi connectivity index (χ4n) is 1.99. The van der Waals surface area contributed by atoms with Gasteiger partial charge in [-0.15, -0.1) is 0 Å². The summed E-state index contributed by atoms with van der Waals surface area (Å²) in [6.45, 7) is 2.03. The van der Waals surface area contributed by atoms with Crippen LogP contribution in [-0.2, 0) is 22.6 Å². The van der Waals surface area contributed by atoms with Crippen LogP contribution >= 0.6 is 11.6 Å². The molecule has 0 fully saturated rings. The first-order valence-electron chi connectivity index (χ1n) is 7.25. The molecule has 120 valence electrons. The summed E-state index contributed by atoms with van der Waals surface area (Å²) < 4.78 is 0. The number of benzene rings is 1. The van der Waals surface area contributed by atoms with E-state index in [0.717, 1.165) is 11.1 Å². The van der Waals surface area contributed by atoms with Crippen molar-refractivity contribution in [2.24, 2.45) is 0 Å². The summed E-state index contributed by atoms with van der Waals surface area (Å²) in [6.07, 6.45) is 3.56. The number of carbonyl (C=O) groups excluding carboxylic acids is 2. The lowest BCUT2D eigenvalue weighted by molar-refractivity contribution is -0.128. The van der Waals surface area contributed by atoms with E-state index >= 15 is 0 Å². The third-order valence-corrected chi connectivity index (χ3v) is 3.49. The Morgan fingerprint density at radius 3 is 2.57 bits per heavy atom. The predicted octanol–water partition coefficient (Wildman–Crippen LogP) is 2.10. The second kappa shape index (κ2) is 8.29. The molecule has 1 aromatic heterocycles. The van der Waals surface area contributed by atoms with Crippen molar-refractivity contribution in [1.29, 1.82) is 0 Å². The Morgan fingerprint density at radius 2 is 1.91 bits per heavy atom. The maximum absolute atomic E-state index is 12.0. The van der Waals surface area contributed by atoms with E-state index in [1.54, 1.807) is 49.6 Å². The number of halogens is 1. The minimum Gasteiger partial charge on any atom is -0.350 e. The lowest BCUT2D eigenvalue weighted by atomic mass is 10.1. The molecule has 0 spiro atoms. The Balaban J connectivity index is 1.78. The second-order valence-corrected chi connectivity index (χ2v) is 5.61. The van der Waals surface area contributed by atoms with Crippen molar-refractivity contribution < 1.29 is 9.59 Å². The molecule has 2 rings (SSSR count). The van der Waals surface area contributed by atoms with Gasteiger partial charge in [0.15, 0.2) is 0 Å². The van der Waals surface area contributed by atoms with E-state index in [4.69, 9.17) is 11.6 Å². The molecule has 0 bridgehead atoms. The van der Waals surface area contributed by atoms with Crippen molar-refractivity contribution in [1.82, 2.24) is 15.6 Å². The molecule has 0 radical (unpaired) electrons. The first-order valence-corrected chi connectivity index (χ1v) is 7.63. The highest BCUT2D eigenvalue weighted by Crippen LogP contribution is 2.09. The van der Waals surface area contributed by atoms with Gasteiger partial charge < -0.3 is 10.6 Å². The van der Waals surface area contributed by atoms with Crippen LogP contribution in [0, 0.1) is 0 Å². The number of carbonyl (C=O) groups is 2. The number of amides is 2. The number of hydrogen-bond donors (Lipinski definition) is 2. The van der Waals surface area contributed by atoms with Gasteiger partial charge in [-0.25, -0.2) is 0 Å². The number of pyridine rings is 1. The minimum atomic E-state index is -0.605. The molecule has 2 N–H and O–H groups in total. The summed E-state index contributed by atoms with van der Waals surface area (Å²) in [5, 5.41) is 6.07. The van der Waals surface area contributed by atoms with E-state index in [9.17, 15) is 9.59 Å². The molecule has 0 unspecified atom stereocenters. The van der Waals surface area contributed by atoms with Crippen LogP contribution in [0.15, 0.2) is 48.8 Å². The van der Waals surface area contributed by atoms with Gasteiger partial charge in [0.1, 0.15) is 6.04 Å². The number of nitrogens with zero attached hydrogens (tertiary/aromatic N) is 1. The molecule has 0 saturated heterocycles. The van der Waals surface area contributed by atoms with Crippen LogP contribution < -0.4 is 10.6 Å². The fourth-order valence-corrected chi connectivity index (χ4v) is 2.12. The van der Waals surface area contributed by atoms with Crippen molar-refractivity contribution in [3.05, 3.63) is 64.9 Å². The molecule has 0 saturated carbocycles. The normalized spacial score (nSPS) is 11.6. The average Bonchev–Trinajstić information content (AvgIpc) is 2.55. The molecule has 2 amide bonds. The third-order valence-electron chi connectivity index (χ3n) is 3.24. The van der Waals surface area contributed by atoms with E-state index in [0.29, 0.717) is 11.6 Å². The Kier molecular flexibility index (Phi) is 6.11. The first kappa shape index (κ1) is 17.0. The first-order chi connectivity index (χ1) is 11.0. The Bertz CT molecular complexity index is 659. The van der Waals surface area contributed by atoms with Crippen molar-refractivity contribution in [2.45, 2.75) is 25.9 Å². The molecule has 23 heavy (non-hydrogen) atoms. The highest BCUT2D eigenvalue weighted by Gasteiger charge is 2.15. The topological polar surface area (TPSA) is 71.1 Å². The minimum absolute atomic E-state index is 0.206. The third kappa shape index (κ3) is 5.71. The van der Waals surface area contributed by atoms with Gasteiger partial charge in [0.05, 0.1) is 6.42 Å². The average molecular weight is 332 g/mol. The van der Waals surface area contributed by atoms with Crippen molar-refractivity contribution in [3.63, 3.8) is 0 Å². The zero-order valence-corrected chi connectivity index (χ0v) is 13.5. The zero-order chi connectivity index (χ0) is 16.7. The molecule has 0 aliphatic heterocycles. The summed E-state index contributed by atoms with van der Waals surface area (Å²) in [5.41, 5.74) is 1.75. The Hall–Kier alpha value is -2.40. The summed E-state index contributed by atoms with van der Waals surface area (Å²) in [4.78, 5) is 27.9. The Morgan fingerprint density at radius 1 is 1.17 bits per heavy atom. The van der Waals surface area contributed by atoms with Crippen LogP contribution in [0.4, 0.5) is 0 Å². The van der Waals surface area contributed by atoms with Gasteiger partial charge in [-0.05, 0) is 36.2 Å². The highest BCUT2D eigenvalue weighted by atomic mass is 35.5. The zero-order valence-electron chi connectivity index (χ0n) is 12.8. The lowest BCUT2D eigenvalue weighted by Gasteiger charge is -2.14. The molecule has 1 heterocycles. The van der Waals surface area contributed by atoms with Gasteiger partial charge in [0, 0.05) is 24.0 Å². The molecule has 0 aliphatic rings. The van der Waals surface area contributed by atoms with Gasteiger partial charge in [0.2, 0.25) is 11.8 Å². The molecule has 5 nitrogen and oxygen atoms in total. The van der Waals surface area contributed by atoms with Crippen molar-refractivity contribution in [3.8, 4) is 0 Å². The fraction of sp³-hybridized carbons (Fsp3) is 0.235. The van der Waals surface area contributed by atoms with E-state index in [1.165, 1.54) is 0 Å². The lowest BCUT2D eigenvalue weighted by Crippen LogP contribution is -2.45. The molecule has 6 heteroatoms. The number of hydrogen-bond acceptors (Lipinski definition) is 3. The number of aromatic nitrogens is 1. The van der Waals surface area contributed by atoms with E-state index in [1.807, 2.05) is 6.07 Å². The van der Waals surface area contributed by atoms with E-state index < -0.39 is 6.04 Å². The predicted molar refractivity (Wildman–Crippen MR) is 88.8 cm³/mol. The quantitative estimate of drug-likeness (QED) is 0.851. The maximum Gasteiger partial charge on any atom is 0.242 e. The molecular weight excluding hydrogens is 314 g/mol. The van der Waals surface area contributed by atoms with Crippen molar-refractivity contribution >= 4 is 23.4 Å². The second-order valence-electron chi connectivity index (χ2n) is 5.17. The number of rotatable bonds is 6. The standard InChI is InChI=1S/C17H18ClN3O2/c1-12(17(23)20-11-14-3-2-8-19-10-14)21-16(22)9-13-4-6-15(18)7-5-13/h2-8,10,12H,9,11H2,1H3,(H,20,23)(H,21,22)/t12-/m0/s1. The number of nitrogens with one attached hydrogen (secondary N) is 2. The summed E-state index contributed by atoms with van der Waals surface area (Å²) in [5.74, 6) is -0.449. The SMILES string of the molecule is C[C@H](NC(=O)Cc1ccc(Cl)cc1)C(=O)NCc1cccnc1. The van der Waals surface area contributed by atoms with Crippen LogP contribution in [0.25, 0.3) is 0 Å². The highest BCUT2D eigenvalue weighted by molar-refractivity contribution is 6.30. The van der Waals surface area contributed by atoms with Crippen LogP contribution in [-0.4, -0.2) is 22.8 Å². The van der Waals surface area contributed by atoms with Crippen molar-refractivity contribution in [2.75, 3.05) is 0 Å². The van der Waals surface area contributed by atoms with E-state index in [-0.39, 0.29) is 18.2 Å². The van der Waals surface area contributed by atoms with Crippen LogP contribution in [0.1, 0.15) is 18.1 Å². The molecular formula is C17H18ClN3O2. The van der Waals surface area contributed by atoms with Crippen LogP contribution in [0.2, 0.25) is 5.02 Å². The van der Waals surface area contributed by atoms with Gasteiger partial charge in [-0.3, -0.25) is 14.6 Å². The van der Waals surface area contributed by atoms with Gasteiger partial charge in [0.25, 0.3) is 0 Å². The van der Waals surface area contributed by atoms with Crippen LogP contribution in [0.3, 0.4) is 0 Å². The summed E-state index contributed by atoms with van der Waals surface area (Å²) in [7, 11) is 0. The largest absolute Gasteiger partial charge is 0.350 e. The molecule has 0 aliphatic carbocycles. The molecule has 1 atom stereocenters.